The molecule has 1 heterocycles. The van der Waals surface area contributed by atoms with Crippen molar-refractivity contribution < 1.29 is 14.3 Å². The van der Waals surface area contributed by atoms with Gasteiger partial charge in [-0.15, -0.1) is 0 Å². The molecule has 0 aromatic carbocycles. The van der Waals surface area contributed by atoms with Crippen LogP contribution >= 0.6 is 0 Å². The summed E-state index contributed by atoms with van der Waals surface area (Å²) in [5.41, 5.74) is 0. The fourth-order valence-corrected chi connectivity index (χ4v) is 2.37. The van der Waals surface area contributed by atoms with Gasteiger partial charge in [-0.1, -0.05) is 12.8 Å². The van der Waals surface area contributed by atoms with E-state index in [0.29, 0.717) is 0 Å². The molecular weight excluding hydrogens is 256 g/mol. The molecule has 5 nitrogen and oxygen atoms in total. The molecule has 0 aromatic heterocycles. The summed E-state index contributed by atoms with van der Waals surface area (Å²) in [6, 6.07) is 0. The molecule has 0 atom stereocenters. The maximum atomic E-state index is 11.7. The van der Waals surface area contributed by atoms with Crippen LogP contribution in [0.3, 0.4) is 0 Å². The van der Waals surface area contributed by atoms with Gasteiger partial charge in [-0.3, -0.25) is 4.90 Å². The molecule has 0 bridgehead atoms. The summed E-state index contributed by atoms with van der Waals surface area (Å²) in [4.78, 5) is 16.0. The van der Waals surface area contributed by atoms with Gasteiger partial charge in [0, 0.05) is 39.9 Å². The zero-order valence-electron chi connectivity index (χ0n) is 13.3. The van der Waals surface area contributed by atoms with E-state index < -0.39 is 0 Å². The maximum absolute atomic E-state index is 11.7. The molecule has 1 aliphatic rings. The molecule has 1 aliphatic heterocycles. The van der Waals surface area contributed by atoms with Gasteiger partial charge in [-0.05, 0) is 33.2 Å². The average Bonchev–Trinajstić information content (AvgIpc) is 2.42. The highest BCUT2D eigenvalue weighted by molar-refractivity contribution is 5.67. The average molecular weight is 286 g/mol. The van der Waals surface area contributed by atoms with Crippen molar-refractivity contribution in [3.05, 3.63) is 0 Å². The number of ether oxygens (including phenoxy) is 2. The fraction of sp³-hybridized carbons (Fsp3) is 0.933. The van der Waals surface area contributed by atoms with E-state index in [-0.39, 0.29) is 12.2 Å². The smallest absolute Gasteiger partial charge is 0.410 e. The van der Waals surface area contributed by atoms with Gasteiger partial charge in [-0.2, -0.15) is 0 Å². The molecule has 1 amide bonds. The molecule has 118 valence electrons. The van der Waals surface area contributed by atoms with Crippen molar-refractivity contribution in [2.45, 2.75) is 45.6 Å². The first-order chi connectivity index (χ1) is 9.63. The zero-order valence-corrected chi connectivity index (χ0v) is 13.3. The Morgan fingerprint density at radius 3 is 2.30 bits per heavy atom. The first kappa shape index (κ1) is 17.2. The number of carbonyl (C=O) groups excluding carboxylic acids is 1. The predicted molar refractivity (Wildman–Crippen MR) is 80.0 cm³/mol. The lowest BCUT2D eigenvalue weighted by Crippen LogP contribution is -2.49. The Kier molecular flexibility index (Phi) is 8.62. The first-order valence-corrected chi connectivity index (χ1v) is 7.80. The highest BCUT2D eigenvalue weighted by Gasteiger charge is 2.22. The second-order valence-electron chi connectivity index (χ2n) is 5.67. The molecule has 0 radical (unpaired) electrons. The van der Waals surface area contributed by atoms with Crippen LogP contribution in [0.1, 0.15) is 39.5 Å². The number of unbranched alkanes of at least 4 members (excludes halogenated alkanes) is 3. The predicted octanol–water partition coefficient (Wildman–Crippen LogP) is 2.36. The van der Waals surface area contributed by atoms with Crippen molar-refractivity contribution >= 4 is 6.09 Å². The number of rotatable bonds is 8. The number of hydrogen-bond acceptors (Lipinski definition) is 4. The van der Waals surface area contributed by atoms with Crippen LogP contribution in [0.5, 0.6) is 0 Å². The largest absolute Gasteiger partial charge is 0.447 e. The third-order valence-corrected chi connectivity index (χ3v) is 3.54. The Morgan fingerprint density at radius 2 is 1.70 bits per heavy atom. The molecule has 1 saturated heterocycles. The number of amides is 1. The highest BCUT2D eigenvalue weighted by Crippen LogP contribution is 2.08. The number of methoxy groups -OCH3 is 1. The van der Waals surface area contributed by atoms with Crippen molar-refractivity contribution in [1.29, 1.82) is 0 Å². The summed E-state index contributed by atoms with van der Waals surface area (Å²) in [5, 5.41) is 0. The zero-order chi connectivity index (χ0) is 14.8. The third kappa shape index (κ3) is 7.10. The van der Waals surface area contributed by atoms with Gasteiger partial charge in [0.15, 0.2) is 0 Å². The van der Waals surface area contributed by atoms with Crippen molar-refractivity contribution in [3.63, 3.8) is 0 Å². The Morgan fingerprint density at radius 1 is 1.05 bits per heavy atom. The molecule has 0 unspecified atom stereocenters. The molecule has 0 aromatic rings. The summed E-state index contributed by atoms with van der Waals surface area (Å²) >= 11 is 0. The molecule has 0 spiro atoms. The lowest BCUT2D eigenvalue weighted by molar-refractivity contribution is 0.0569. The van der Waals surface area contributed by atoms with E-state index in [1.165, 1.54) is 19.3 Å². The van der Waals surface area contributed by atoms with Crippen LogP contribution in [0, 0.1) is 0 Å². The molecule has 0 N–H and O–H groups in total. The minimum atomic E-state index is -0.167. The van der Waals surface area contributed by atoms with Crippen LogP contribution in [0.4, 0.5) is 4.79 Å². The third-order valence-electron chi connectivity index (χ3n) is 3.54. The number of hydrogen-bond donors (Lipinski definition) is 0. The Balaban J connectivity index is 2.05. The van der Waals surface area contributed by atoms with Crippen molar-refractivity contribution in [2.24, 2.45) is 0 Å². The standard InChI is InChI=1S/C15H30N2O3/c1-14(2)20-15(18)17-11-9-16(10-12-17)8-6-4-5-7-13-19-3/h14H,4-13H2,1-3H3. The monoisotopic (exact) mass is 286 g/mol. The summed E-state index contributed by atoms with van der Waals surface area (Å²) in [6.45, 7) is 9.28. The van der Waals surface area contributed by atoms with Crippen LogP contribution < -0.4 is 0 Å². The van der Waals surface area contributed by atoms with Crippen molar-refractivity contribution in [1.82, 2.24) is 9.80 Å². The number of piperazine rings is 1. The Hall–Kier alpha value is -0.810. The molecule has 1 rings (SSSR count). The minimum absolute atomic E-state index is 0.0346. The Labute approximate surface area is 123 Å². The van der Waals surface area contributed by atoms with E-state index in [4.69, 9.17) is 9.47 Å². The lowest BCUT2D eigenvalue weighted by atomic mass is 10.2. The van der Waals surface area contributed by atoms with Gasteiger partial charge >= 0.3 is 6.09 Å². The minimum Gasteiger partial charge on any atom is -0.447 e. The second kappa shape index (κ2) is 10.00. The summed E-state index contributed by atoms with van der Waals surface area (Å²) in [6.07, 6.45) is 4.70. The second-order valence-corrected chi connectivity index (χ2v) is 5.67. The van der Waals surface area contributed by atoms with Crippen LogP contribution in [0.15, 0.2) is 0 Å². The SMILES string of the molecule is COCCCCCCN1CCN(C(=O)OC(C)C)CC1. The molecule has 0 saturated carbocycles. The molecule has 5 heteroatoms. The van der Waals surface area contributed by atoms with Gasteiger partial charge in [-0.25, -0.2) is 4.79 Å². The van der Waals surface area contributed by atoms with Gasteiger partial charge in [0.25, 0.3) is 0 Å². The normalized spacial score (nSPS) is 16.7. The molecular formula is C15H30N2O3. The quantitative estimate of drug-likeness (QED) is 0.642. The van der Waals surface area contributed by atoms with Crippen molar-refractivity contribution in [3.8, 4) is 0 Å². The Bertz CT molecular complexity index is 264. The molecule has 20 heavy (non-hydrogen) atoms. The number of nitrogens with zero attached hydrogens (tertiary/aromatic N) is 2. The van der Waals surface area contributed by atoms with Gasteiger partial charge < -0.3 is 14.4 Å². The van der Waals surface area contributed by atoms with E-state index >= 15 is 0 Å². The van der Waals surface area contributed by atoms with Crippen LogP contribution in [0.25, 0.3) is 0 Å². The van der Waals surface area contributed by atoms with Gasteiger partial charge in [0.05, 0.1) is 6.10 Å². The van der Waals surface area contributed by atoms with Crippen LogP contribution in [-0.2, 0) is 9.47 Å². The maximum Gasteiger partial charge on any atom is 0.410 e. The topological polar surface area (TPSA) is 42.0 Å². The summed E-state index contributed by atoms with van der Waals surface area (Å²) < 4.78 is 10.3. The van der Waals surface area contributed by atoms with Gasteiger partial charge in [0.1, 0.15) is 0 Å². The lowest BCUT2D eigenvalue weighted by Gasteiger charge is -2.34. The van der Waals surface area contributed by atoms with Crippen LogP contribution in [0.2, 0.25) is 0 Å². The van der Waals surface area contributed by atoms with E-state index in [9.17, 15) is 4.79 Å². The molecule has 1 fully saturated rings. The summed E-state index contributed by atoms with van der Waals surface area (Å²) in [5.74, 6) is 0. The van der Waals surface area contributed by atoms with Gasteiger partial charge in [0.2, 0.25) is 0 Å². The van der Waals surface area contributed by atoms with Crippen molar-refractivity contribution in [2.75, 3.05) is 46.4 Å². The van der Waals surface area contributed by atoms with E-state index in [0.717, 1.165) is 45.8 Å². The summed E-state index contributed by atoms with van der Waals surface area (Å²) in [7, 11) is 1.75. The van der Waals surface area contributed by atoms with E-state index in [2.05, 4.69) is 4.90 Å². The highest BCUT2D eigenvalue weighted by atomic mass is 16.6. The number of carbonyl (C=O) groups is 1. The molecule has 0 aliphatic carbocycles. The fourth-order valence-electron chi connectivity index (χ4n) is 2.37. The van der Waals surface area contributed by atoms with Crippen LogP contribution in [-0.4, -0.2) is 68.4 Å². The first-order valence-electron chi connectivity index (χ1n) is 7.80. The van der Waals surface area contributed by atoms with E-state index in [1.54, 1.807) is 7.11 Å². The van der Waals surface area contributed by atoms with E-state index in [1.807, 2.05) is 18.7 Å².